The van der Waals surface area contributed by atoms with E-state index in [0.717, 1.165) is 23.2 Å². The van der Waals surface area contributed by atoms with Crippen molar-refractivity contribution in [1.29, 1.82) is 0 Å². The van der Waals surface area contributed by atoms with Crippen molar-refractivity contribution < 1.29 is 8.78 Å². The van der Waals surface area contributed by atoms with Crippen LogP contribution in [0.1, 0.15) is 43.0 Å². The maximum atomic E-state index is 12.0. The minimum Gasteiger partial charge on any atom is -0.326 e. The molecule has 0 atom stereocenters. The van der Waals surface area contributed by atoms with Gasteiger partial charge >= 0.3 is 0 Å². The lowest BCUT2D eigenvalue weighted by Crippen LogP contribution is -2.12. The van der Waals surface area contributed by atoms with Crippen LogP contribution in [0.3, 0.4) is 0 Å². The van der Waals surface area contributed by atoms with E-state index >= 15 is 0 Å². The molecule has 0 aliphatic carbocycles. The summed E-state index contributed by atoms with van der Waals surface area (Å²) in [5.74, 6) is 0. The Bertz CT molecular complexity index is 412. The summed E-state index contributed by atoms with van der Waals surface area (Å²) >= 11 is 0. The Labute approximate surface area is 100 Å². The van der Waals surface area contributed by atoms with E-state index in [0.29, 0.717) is 19.3 Å². The van der Waals surface area contributed by atoms with Gasteiger partial charge in [0, 0.05) is 18.2 Å². The molecule has 1 heterocycles. The minimum atomic E-state index is -2.22. The molecular formula is C13H19F2NO. The van der Waals surface area contributed by atoms with E-state index in [4.69, 9.17) is 0 Å². The lowest BCUT2D eigenvalue weighted by Gasteiger charge is -2.10. The molecule has 4 heteroatoms. The smallest absolute Gasteiger partial charge is 0.248 e. The summed E-state index contributed by atoms with van der Waals surface area (Å²) in [6.45, 7) is 3.91. The van der Waals surface area contributed by atoms with Gasteiger partial charge in [-0.05, 0) is 43.7 Å². The summed E-state index contributed by atoms with van der Waals surface area (Å²) in [6, 6.07) is 1.59. The van der Waals surface area contributed by atoms with Crippen molar-refractivity contribution in [2.24, 2.45) is 0 Å². The number of hydrogen-bond donors (Lipinski definition) is 1. The molecule has 0 aliphatic heterocycles. The number of aromatic nitrogens is 1. The highest BCUT2D eigenvalue weighted by atomic mass is 19.3. The first kappa shape index (κ1) is 13.9. The monoisotopic (exact) mass is 243 g/mol. The van der Waals surface area contributed by atoms with E-state index in [1.54, 1.807) is 6.07 Å². The normalized spacial score (nSPS) is 11.1. The Morgan fingerprint density at radius 1 is 1.35 bits per heavy atom. The van der Waals surface area contributed by atoms with Crippen molar-refractivity contribution in [2.75, 3.05) is 0 Å². The highest BCUT2D eigenvalue weighted by Crippen LogP contribution is 2.15. The van der Waals surface area contributed by atoms with Gasteiger partial charge in [0.25, 0.3) is 0 Å². The van der Waals surface area contributed by atoms with E-state index in [-0.39, 0.29) is 12.0 Å². The van der Waals surface area contributed by atoms with E-state index < -0.39 is 6.43 Å². The third-order valence-electron chi connectivity index (χ3n) is 2.93. The van der Waals surface area contributed by atoms with Crippen LogP contribution in [-0.2, 0) is 12.8 Å². The van der Waals surface area contributed by atoms with Gasteiger partial charge in [0.1, 0.15) is 0 Å². The Hall–Kier alpha value is -1.19. The third kappa shape index (κ3) is 4.29. The maximum absolute atomic E-state index is 12.0. The molecule has 0 radical (unpaired) electrons. The predicted molar refractivity (Wildman–Crippen MR) is 64.7 cm³/mol. The summed E-state index contributed by atoms with van der Waals surface area (Å²) in [5, 5.41) is 0. The molecular weight excluding hydrogens is 224 g/mol. The lowest BCUT2D eigenvalue weighted by molar-refractivity contribution is 0.134. The fourth-order valence-electron chi connectivity index (χ4n) is 2.11. The number of pyridine rings is 1. The molecule has 1 rings (SSSR count). The molecule has 96 valence electrons. The molecule has 17 heavy (non-hydrogen) atoms. The molecule has 0 spiro atoms. The van der Waals surface area contributed by atoms with E-state index in [1.165, 1.54) is 0 Å². The zero-order valence-corrected chi connectivity index (χ0v) is 10.4. The Morgan fingerprint density at radius 2 is 2.06 bits per heavy atom. The molecule has 0 aromatic carbocycles. The molecule has 0 aliphatic rings. The summed E-state index contributed by atoms with van der Waals surface area (Å²) in [7, 11) is 0. The van der Waals surface area contributed by atoms with Gasteiger partial charge in [-0.3, -0.25) is 4.79 Å². The van der Waals surface area contributed by atoms with Crippen LogP contribution in [0.15, 0.2) is 10.9 Å². The fraction of sp³-hybridized carbons (Fsp3) is 0.615. The van der Waals surface area contributed by atoms with Crippen LogP contribution in [0.5, 0.6) is 0 Å². The molecule has 0 saturated heterocycles. The topological polar surface area (TPSA) is 32.9 Å². The first-order chi connectivity index (χ1) is 8.04. The summed E-state index contributed by atoms with van der Waals surface area (Å²) in [6.07, 6.45) is 0.505. The summed E-state index contributed by atoms with van der Waals surface area (Å²) in [5.41, 5.74) is 2.93. The standard InChI is InChI=1S/C13H19F2NO/c1-3-11-9(2)16-13(17)8-10(11)6-4-5-7-12(14)15/h8,12H,3-7H2,1-2H3,(H,16,17). The second kappa shape index (κ2) is 6.52. The molecule has 1 aromatic rings. The number of halogens is 2. The van der Waals surface area contributed by atoms with Crippen molar-refractivity contribution in [1.82, 2.24) is 4.98 Å². The Kier molecular flexibility index (Phi) is 5.32. The average Bonchev–Trinajstić information content (AvgIpc) is 2.23. The number of aromatic amines is 1. The Morgan fingerprint density at radius 3 is 2.65 bits per heavy atom. The Balaban J connectivity index is 2.66. The van der Waals surface area contributed by atoms with Crippen LogP contribution in [0.2, 0.25) is 0 Å². The predicted octanol–water partition coefficient (Wildman–Crippen LogP) is 3.22. The van der Waals surface area contributed by atoms with E-state index in [2.05, 4.69) is 4.98 Å². The molecule has 0 bridgehead atoms. The molecule has 0 saturated carbocycles. The minimum absolute atomic E-state index is 0.0520. The van der Waals surface area contributed by atoms with Gasteiger partial charge in [-0.1, -0.05) is 6.92 Å². The van der Waals surface area contributed by atoms with E-state index in [9.17, 15) is 13.6 Å². The van der Waals surface area contributed by atoms with Crippen LogP contribution in [0.4, 0.5) is 8.78 Å². The number of rotatable bonds is 6. The first-order valence-electron chi connectivity index (χ1n) is 6.04. The van der Waals surface area contributed by atoms with Crippen molar-refractivity contribution in [3.05, 3.63) is 33.2 Å². The summed E-state index contributed by atoms with van der Waals surface area (Å²) in [4.78, 5) is 14.1. The fourth-order valence-corrected chi connectivity index (χ4v) is 2.11. The van der Waals surface area contributed by atoms with Crippen LogP contribution < -0.4 is 5.56 Å². The van der Waals surface area contributed by atoms with Gasteiger partial charge in [0.2, 0.25) is 12.0 Å². The van der Waals surface area contributed by atoms with Crippen LogP contribution in [-0.4, -0.2) is 11.4 Å². The quantitative estimate of drug-likeness (QED) is 0.764. The largest absolute Gasteiger partial charge is 0.326 e. The van der Waals surface area contributed by atoms with Gasteiger partial charge in [-0.25, -0.2) is 8.78 Å². The third-order valence-corrected chi connectivity index (χ3v) is 2.93. The maximum Gasteiger partial charge on any atom is 0.248 e. The number of H-pyrrole nitrogens is 1. The SMILES string of the molecule is CCc1c(CCCCC(F)F)cc(=O)[nH]c1C. The number of nitrogens with one attached hydrogen (secondary N) is 1. The number of aryl methyl sites for hydroxylation is 2. The van der Waals surface area contributed by atoms with Crippen molar-refractivity contribution in [3.8, 4) is 0 Å². The molecule has 1 N–H and O–H groups in total. The summed E-state index contributed by atoms with van der Waals surface area (Å²) < 4.78 is 24.0. The molecule has 0 unspecified atom stereocenters. The van der Waals surface area contributed by atoms with Gasteiger partial charge in [-0.2, -0.15) is 0 Å². The van der Waals surface area contributed by atoms with Crippen molar-refractivity contribution in [3.63, 3.8) is 0 Å². The van der Waals surface area contributed by atoms with Crippen molar-refractivity contribution in [2.45, 2.75) is 52.4 Å². The zero-order valence-electron chi connectivity index (χ0n) is 10.4. The highest BCUT2D eigenvalue weighted by Gasteiger charge is 2.07. The number of unbranched alkanes of at least 4 members (excludes halogenated alkanes) is 1. The van der Waals surface area contributed by atoms with Gasteiger partial charge < -0.3 is 4.98 Å². The van der Waals surface area contributed by atoms with Gasteiger partial charge in [-0.15, -0.1) is 0 Å². The van der Waals surface area contributed by atoms with Crippen LogP contribution >= 0.6 is 0 Å². The molecule has 0 amide bonds. The lowest BCUT2D eigenvalue weighted by atomic mass is 9.99. The number of alkyl halides is 2. The van der Waals surface area contributed by atoms with Gasteiger partial charge in [0.15, 0.2) is 0 Å². The van der Waals surface area contributed by atoms with Crippen LogP contribution in [0, 0.1) is 6.92 Å². The highest BCUT2D eigenvalue weighted by molar-refractivity contribution is 5.29. The molecule has 0 fully saturated rings. The average molecular weight is 243 g/mol. The molecule has 2 nitrogen and oxygen atoms in total. The van der Waals surface area contributed by atoms with Gasteiger partial charge in [0.05, 0.1) is 0 Å². The second-order valence-electron chi connectivity index (χ2n) is 4.25. The first-order valence-corrected chi connectivity index (χ1v) is 6.04. The van der Waals surface area contributed by atoms with E-state index in [1.807, 2.05) is 13.8 Å². The molecule has 1 aromatic heterocycles. The second-order valence-corrected chi connectivity index (χ2v) is 4.25. The van der Waals surface area contributed by atoms with Crippen molar-refractivity contribution >= 4 is 0 Å². The number of hydrogen-bond acceptors (Lipinski definition) is 1. The van der Waals surface area contributed by atoms with Crippen LogP contribution in [0.25, 0.3) is 0 Å². The zero-order chi connectivity index (χ0) is 12.8.